The predicted molar refractivity (Wildman–Crippen MR) is 92.2 cm³/mol. The molecular weight excluding hydrogens is 308 g/mol. The number of ketones is 1. The topological polar surface area (TPSA) is 61.2 Å². The Bertz CT molecular complexity index is 683. The van der Waals surface area contributed by atoms with Crippen LogP contribution >= 0.6 is 10.5 Å². The molecular formula is C18H20N2O2S. The maximum atomic E-state index is 12.9. The molecule has 0 N–H and O–H groups in total. The molecule has 0 aromatic heterocycles. The fraction of sp³-hybridized carbons (Fsp3) is 0.444. The van der Waals surface area contributed by atoms with Crippen LogP contribution in [0.2, 0.25) is 0 Å². The molecule has 2 aliphatic heterocycles. The van der Waals surface area contributed by atoms with Crippen molar-refractivity contribution < 1.29 is 9.59 Å². The van der Waals surface area contributed by atoms with Gasteiger partial charge in [0.15, 0.2) is 0 Å². The first kappa shape index (κ1) is 15.9. The van der Waals surface area contributed by atoms with Gasteiger partial charge in [-0.15, -0.1) is 0 Å². The van der Waals surface area contributed by atoms with Gasteiger partial charge in [0, 0.05) is 13.0 Å². The molecule has 1 aromatic rings. The van der Waals surface area contributed by atoms with Crippen molar-refractivity contribution in [3.8, 4) is 6.07 Å². The Morgan fingerprint density at radius 2 is 1.96 bits per heavy atom. The summed E-state index contributed by atoms with van der Waals surface area (Å²) in [5.41, 5.74) is 1.02. The lowest BCUT2D eigenvalue weighted by Crippen LogP contribution is -2.41. The average Bonchev–Trinajstić information content (AvgIpc) is 3.20. The number of nitriles is 1. The number of likely N-dealkylation sites (tertiary alicyclic amines) is 1. The number of amides is 1. The van der Waals surface area contributed by atoms with Crippen molar-refractivity contribution in [2.75, 3.05) is 11.5 Å². The Hall–Kier alpha value is -1.93. The first-order chi connectivity index (χ1) is 11.2. The SMILES string of the molecule is N#CC(C(=O)[C@@H]1CCC(=O)N1Cc1ccccc1)=S1CCCC1. The van der Waals surface area contributed by atoms with Gasteiger partial charge in [-0.25, -0.2) is 0 Å². The van der Waals surface area contributed by atoms with Gasteiger partial charge in [-0.05, 0) is 36.3 Å². The molecule has 2 fully saturated rings. The number of Topliss-reactive ketones (excluding diaryl/α,β-unsaturated/α-hetero) is 1. The van der Waals surface area contributed by atoms with E-state index in [9.17, 15) is 14.9 Å². The summed E-state index contributed by atoms with van der Waals surface area (Å²) in [6, 6.07) is 11.4. The molecule has 0 bridgehead atoms. The Labute approximate surface area is 139 Å². The molecule has 4 nitrogen and oxygen atoms in total. The first-order valence-corrected chi connectivity index (χ1v) is 9.59. The summed E-state index contributed by atoms with van der Waals surface area (Å²) in [6.45, 7) is 0.447. The number of hydrogen-bond acceptors (Lipinski definition) is 3. The van der Waals surface area contributed by atoms with Crippen LogP contribution < -0.4 is 0 Å². The van der Waals surface area contributed by atoms with Gasteiger partial charge in [-0.2, -0.15) is 15.7 Å². The average molecular weight is 328 g/mol. The fourth-order valence-corrected chi connectivity index (χ4v) is 5.52. The van der Waals surface area contributed by atoms with Crippen molar-refractivity contribution >= 4 is 27.0 Å². The minimum Gasteiger partial charge on any atom is -0.328 e. The van der Waals surface area contributed by atoms with Gasteiger partial charge in [-0.1, -0.05) is 30.3 Å². The van der Waals surface area contributed by atoms with E-state index in [1.54, 1.807) is 4.90 Å². The highest BCUT2D eigenvalue weighted by Gasteiger charge is 2.38. The highest BCUT2D eigenvalue weighted by molar-refractivity contribution is 8.17. The van der Waals surface area contributed by atoms with E-state index in [0.717, 1.165) is 29.9 Å². The molecule has 0 aliphatic carbocycles. The van der Waals surface area contributed by atoms with Crippen LogP contribution in [0.5, 0.6) is 0 Å². The number of rotatable bonds is 4. The maximum absolute atomic E-state index is 12.9. The Morgan fingerprint density at radius 3 is 2.61 bits per heavy atom. The zero-order valence-corrected chi connectivity index (χ0v) is 13.8. The Morgan fingerprint density at radius 1 is 1.26 bits per heavy atom. The largest absolute Gasteiger partial charge is 0.328 e. The second-order valence-corrected chi connectivity index (χ2v) is 8.19. The number of hydrogen-bond donors (Lipinski definition) is 0. The van der Waals surface area contributed by atoms with Crippen molar-refractivity contribution in [1.29, 1.82) is 5.26 Å². The third-order valence-corrected chi connectivity index (χ3v) is 6.90. The summed E-state index contributed by atoms with van der Waals surface area (Å²) in [4.78, 5) is 27.2. The molecule has 2 heterocycles. The van der Waals surface area contributed by atoms with E-state index in [-0.39, 0.29) is 22.2 Å². The van der Waals surface area contributed by atoms with E-state index in [0.29, 0.717) is 24.3 Å². The van der Waals surface area contributed by atoms with E-state index >= 15 is 0 Å². The molecule has 1 aromatic carbocycles. The fourth-order valence-electron chi connectivity index (χ4n) is 3.26. The zero-order chi connectivity index (χ0) is 16.2. The van der Waals surface area contributed by atoms with Crippen LogP contribution in [-0.2, 0) is 16.1 Å². The van der Waals surface area contributed by atoms with Gasteiger partial charge in [0.2, 0.25) is 11.7 Å². The third-order valence-electron chi connectivity index (χ3n) is 4.47. The van der Waals surface area contributed by atoms with Crippen LogP contribution in [0.4, 0.5) is 0 Å². The van der Waals surface area contributed by atoms with Gasteiger partial charge in [0.05, 0.1) is 6.04 Å². The van der Waals surface area contributed by atoms with Crippen molar-refractivity contribution in [3.05, 3.63) is 35.9 Å². The summed E-state index contributed by atoms with van der Waals surface area (Å²) < 4.78 is 0. The van der Waals surface area contributed by atoms with Gasteiger partial charge >= 0.3 is 0 Å². The number of carbonyl (C=O) groups excluding carboxylic acids is 2. The van der Waals surface area contributed by atoms with Gasteiger partial charge in [-0.3, -0.25) is 9.59 Å². The summed E-state index contributed by atoms with van der Waals surface area (Å²) in [6.07, 6.45) is 3.13. The van der Waals surface area contributed by atoms with E-state index in [1.165, 1.54) is 0 Å². The number of nitrogens with zero attached hydrogens (tertiary/aromatic N) is 2. The van der Waals surface area contributed by atoms with Gasteiger partial charge < -0.3 is 4.90 Å². The normalized spacial score (nSPS) is 21.4. The highest BCUT2D eigenvalue weighted by Crippen LogP contribution is 2.29. The van der Waals surface area contributed by atoms with Crippen LogP contribution in [-0.4, -0.2) is 39.0 Å². The second-order valence-electron chi connectivity index (χ2n) is 5.98. The summed E-state index contributed by atoms with van der Waals surface area (Å²) >= 11 is 0. The molecule has 2 saturated heterocycles. The molecule has 5 heteroatoms. The molecule has 1 atom stereocenters. The summed E-state index contributed by atoms with van der Waals surface area (Å²) in [5, 5.41) is 9.45. The minimum atomic E-state index is -0.453. The van der Waals surface area contributed by atoms with E-state index in [4.69, 9.17) is 0 Å². The Balaban J connectivity index is 1.83. The third kappa shape index (κ3) is 3.37. The lowest BCUT2D eigenvalue weighted by molar-refractivity contribution is -0.132. The lowest BCUT2D eigenvalue weighted by Gasteiger charge is -2.24. The lowest BCUT2D eigenvalue weighted by atomic mass is 10.1. The van der Waals surface area contributed by atoms with Crippen LogP contribution in [0.25, 0.3) is 0 Å². The quantitative estimate of drug-likeness (QED) is 0.798. The van der Waals surface area contributed by atoms with Crippen LogP contribution in [0.1, 0.15) is 31.2 Å². The Kier molecular flexibility index (Phi) is 4.92. The standard InChI is InChI=1S/C18H20N2O2S/c19-12-16(23-10-4-5-11-23)18(22)15-8-9-17(21)20(15)13-14-6-2-1-3-7-14/h1-3,6-7,15H,4-5,8-11,13H2/t15-/m0/s1. The number of carbonyl (C=O) groups is 2. The van der Waals surface area contributed by atoms with Crippen molar-refractivity contribution in [1.82, 2.24) is 4.90 Å². The zero-order valence-electron chi connectivity index (χ0n) is 13.0. The first-order valence-electron chi connectivity index (χ1n) is 8.03. The van der Waals surface area contributed by atoms with E-state index in [2.05, 4.69) is 6.07 Å². The molecule has 0 unspecified atom stereocenters. The van der Waals surface area contributed by atoms with E-state index in [1.807, 2.05) is 30.3 Å². The monoisotopic (exact) mass is 328 g/mol. The molecule has 1 amide bonds. The molecule has 3 rings (SSSR count). The van der Waals surface area contributed by atoms with Gasteiger partial charge in [0.1, 0.15) is 10.9 Å². The van der Waals surface area contributed by atoms with Crippen molar-refractivity contribution in [3.63, 3.8) is 0 Å². The molecule has 2 aliphatic rings. The summed E-state index contributed by atoms with van der Waals surface area (Å²) in [5.74, 6) is 1.81. The second kappa shape index (κ2) is 7.10. The van der Waals surface area contributed by atoms with Crippen LogP contribution in [0, 0.1) is 11.3 Å². The molecule has 0 spiro atoms. The van der Waals surface area contributed by atoms with Gasteiger partial charge in [0.25, 0.3) is 0 Å². The molecule has 0 saturated carbocycles. The smallest absolute Gasteiger partial charge is 0.223 e. The van der Waals surface area contributed by atoms with Crippen LogP contribution in [0.3, 0.4) is 0 Å². The molecule has 120 valence electrons. The predicted octanol–water partition coefficient (Wildman–Crippen LogP) is 2.51. The van der Waals surface area contributed by atoms with Crippen molar-refractivity contribution in [2.45, 2.75) is 38.3 Å². The molecule has 0 radical (unpaired) electrons. The van der Waals surface area contributed by atoms with E-state index < -0.39 is 6.04 Å². The molecule has 23 heavy (non-hydrogen) atoms. The minimum absolute atomic E-state index is 0.0132. The maximum Gasteiger partial charge on any atom is 0.223 e. The van der Waals surface area contributed by atoms with Crippen molar-refractivity contribution in [2.24, 2.45) is 0 Å². The number of benzene rings is 1. The summed E-state index contributed by atoms with van der Waals surface area (Å²) in [7, 11) is -0.196. The van der Waals surface area contributed by atoms with Crippen LogP contribution in [0.15, 0.2) is 30.3 Å². The highest BCUT2D eigenvalue weighted by atomic mass is 32.2.